The van der Waals surface area contributed by atoms with E-state index in [2.05, 4.69) is 13.0 Å². The van der Waals surface area contributed by atoms with E-state index >= 15 is 0 Å². The van der Waals surface area contributed by atoms with E-state index < -0.39 is 22.8 Å². The lowest BCUT2D eigenvalue weighted by atomic mass is 9.46. The molecule has 8 atom stereocenters. The smallest absolute Gasteiger partial charge is 0.313 e. The first-order valence-electron chi connectivity index (χ1n) is 10.2. The third-order valence-corrected chi connectivity index (χ3v) is 9.13. The molecule has 26 heavy (non-hydrogen) atoms. The molecule has 0 aromatic heterocycles. The number of aliphatic hydroxyl groups is 2. The number of carboxylic acids is 1. The average Bonchev–Trinajstić information content (AvgIpc) is 3.01. The first-order valence-corrected chi connectivity index (χ1v) is 10.2. The van der Waals surface area contributed by atoms with Gasteiger partial charge in [0.25, 0.3) is 0 Å². The van der Waals surface area contributed by atoms with E-state index in [1.54, 1.807) is 6.92 Å². The quantitative estimate of drug-likeness (QED) is 0.625. The molecule has 3 N–H and O–H groups in total. The monoisotopic (exact) mass is 362 g/mol. The molecule has 1 heterocycles. The first-order chi connectivity index (χ1) is 12.2. The number of ether oxygens (including phenoxy) is 1. The lowest BCUT2D eigenvalue weighted by Gasteiger charge is -2.59. The molecule has 0 aromatic rings. The van der Waals surface area contributed by atoms with Gasteiger partial charge in [-0.1, -0.05) is 18.6 Å². The van der Waals surface area contributed by atoms with Gasteiger partial charge in [0.05, 0.1) is 11.7 Å². The van der Waals surface area contributed by atoms with Crippen molar-refractivity contribution in [2.45, 2.75) is 82.7 Å². The second kappa shape index (κ2) is 4.92. The highest BCUT2D eigenvalue weighted by atomic mass is 16.7. The van der Waals surface area contributed by atoms with Crippen LogP contribution in [0.15, 0.2) is 11.6 Å². The van der Waals surface area contributed by atoms with Crippen molar-refractivity contribution in [2.75, 3.05) is 0 Å². The van der Waals surface area contributed by atoms with Gasteiger partial charge in [0, 0.05) is 5.92 Å². The maximum Gasteiger partial charge on any atom is 0.313 e. The fourth-order valence-electron chi connectivity index (χ4n) is 8.10. The minimum absolute atomic E-state index is 0.0253. The highest BCUT2D eigenvalue weighted by molar-refractivity contribution is 5.79. The number of hydrogen-bond donors (Lipinski definition) is 3. The Morgan fingerprint density at radius 1 is 1.15 bits per heavy atom. The normalized spacial score (nSPS) is 57.8. The zero-order valence-electron chi connectivity index (χ0n) is 15.7. The zero-order chi connectivity index (χ0) is 18.5. The Bertz CT molecular complexity index is 699. The van der Waals surface area contributed by atoms with Gasteiger partial charge in [-0.2, -0.15) is 0 Å². The molecular formula is C21H30O5. The molecule has 0 radical (unpaired) electrons. The van der Waals surface area contributed by atoms with Crippen LogP contribution >= 0.6 is 0 Å². The highest BCUT2D eigenvalue weighted by Gasteiger charge is 2.80. The lowest BCUT2D eigenvalue weighted by Crippen LogP contribution is -2.62. The number of fused-ring (bicyclic) bond motifs is 3. The minimum atomic E-state index is -1.35. The van der Waals surface area contributed by atoms with E-state index in [-0.39, 0.29) is 23.4 Å². The maximum absolute atomic E-state index is 12.5. The van der Waals surface area contributed by atoms with E-state index in [1.165, 1.54) is 5.57 Å². The summed E-state index contributed by atoms with van der Waals surface area (Å²) < 4.78 is 6.32. The number of carbonyl (C=O) groups is 1. The van der Waals surface area contributed by atoms with E-state index in [9.17, 15) is 20.1 Å². The van der Waals surface area contributed by atoms with Gasteiger partial charge in [-0.05, 0) is 75.5 Å². The Kier molecular flexibility index (Phi) is 3.26. The first kappa shape index (κ1) is 17.2. The Balaban J connectivity index is 1.63. The van der Waals surface area contributed by atoms with E-state index in [4.69, 9.17) is 4.74 Å². The van der Waals surface area contributed by atoms with Gasteiger partial charge in [0.1, 0.15) is 5.41 Å². The van der Waals surface area contributed by atoms with Crippen LogP contribution in [0.3, 0.4) is 0 Å². The molecule has 3 saturated carbocycles. The second-order valence-electron chi connectivity index (χ2n) is 9.94. The summed E-state index contributed by atoms with van der Waals surface area (Å²) in [7, 11) is 0. The van der Waals surface area contributed by atoms with Crippen molar-refractivity contribution in [3.63, 3.8) is 0 Å². The predicted octanol–water partition coefficient (Wildman–Crippen LogP) is 2.85. The molecule has 1 aliphatic heterocycles. The third-order valence-electron chi connectivity index (χ3n) is 9.13. The van der Waals surface area contributed by atoms with Crippen molar-refractivity contribution in [2.24, 2.45) is 28.6 Å². The van der Waals surface area contributed by atoms with Gasteiger partial charge in [-0.3, -0.25) is 4.79 Å². The third kappa shape index (κ3) is 1.71. The number of allylic oxidation sites excluding steroid dienone is 1. The summed E-state index contributed by atoms with van der Waals surface area (Å²) in [5, 5.41) is 31.3. The Morgan fingerprint density at radius 3 is 2.62 bits per heavy atom. The van der Waals surface area contributed by atoms with Gasteiger partial charge < -0.3 is 20.1 Å². The van der Waals surface area contributed by atoms with Crippen LogP contribution in [-0.4, -0.2) is 38.8 Å². The van der Waals surface area contributed by atoms with Gasteiger partial charge in [-0.15, -0.1) is 0 Å². The molecular weight excluding hydrogens is 332 g/mol. The molecule has 5 heteroatoms. The van der Waals surface area contributed by atoms with Crippen molar-refractivity contribution < 1.29 is 24.9 Å². The maximum atomic E-state index is 12.5. The number of hydrogen-bond acceptors (Lipinski definition) is 4. The lowest BCUT2D eigenvalue weighted by molar-refractivity contribution is -0.274. The number of aliphatic hydroxyl groups excluding tert-OH is 1. The van der Waals surface area contributed by atoms with Crippen molar-refractivity contribution in [1.29, 1.82) is 0 Å². The molecule has 1 saturated heterocycles. The molecule has 4 aliphatic carbocycles. The molecule has 0 unspecified atom stereocenters. The summed E-state index contributed by atoms with van der Waals surface area (Å²) in [5.74, 6) is -1.94. The summed E-state index contributed by atoms with van der Waals surface area (Å²) in [6.07, 6.45) is 8.28. The number of rotatable bonds is 1. The topological polar surface area (TPSA) is 87.0 Å². The van der Waals surface area contributed by atoms with Gasteiger partial charge in [0.15, 0.2) is 5.79 Å². The van der Waals surface area contributed by atoms with Crippen LogP contribution < -0.4 is 0 Å². The highest BCUT2D eigenvalue weighted by Crippen LogP contribution is 2.74. The molecule has 5 aliphatic rings. The summed E-state index contributed by atoms with van der Waals surface area (Å²) in [6, 6.07) is 0. The van der Waals surface area contributed by atoms with Crippen molar-refractivity contribution in [1.82, 2.24) is 0 Å². The SMILES string of the molecule is C[C@]1(O)O[C@]23CC[C@H]1[C@@]2(C(=O)O)CC[C@H]1[C@H]3CC=C2C[C@@H](O)CC[C@@]21C. The summed E-state index contributed by atoms with van der Waals surface area (Å²) in [4.78, 5) is 12.5. The molecule has 0 aromatic carbocycles. The molecule has 5 nitrogen and oxygen atoms in total. The Hall–Kier alpha value is -0.910. The fourth-order valence-corrected chi connectivity index (χ4v) is 8.10. The standard InChI is InChI=1S/C21H30O5/c1-18-8-5-13(22)11-12(18)3-4-15-14(18)6-9-20(17(23)24)16-7-10-21(15,20)26-19(16,2)25/h3,13-16,22,25H,4-11H2,1-2H3,(H,23,24)/t13-,14-,15+,16+,18-,19-,20+,21-/m0/s1. The fraction of sp³-hybridized carbons (Fsp3) is 0.857. The minimum Gasteiger partial charge on any atom is -0.481 e. The molecule has 144 valence electrons. The van der Waals surface area contributed by atoms with E-state index in [1.807, 2.05) is 0 Å². The zero-order valence-corrected chi connectivity index (χ0v) is 15.7. The number of carboxylic acid groups (broad SMARTS) is 1. The Labute approximate surface area is 154 Å². The van der Waals surface area contributed by atoms with Crippen LogP contribution in [0.2, 0.25) is 0 Å². The molecule has 5 rings (SSSR count). The van der Waals surface area contributed by atoms with Crippen molar-refractivity contribution in [3.8, 4) is 0 Å². The molecule has 0 spiro atoms. The van der Waals surface area contributed by atoms with Crippen LogP contribution in [-0.2, 0) is 9.53 Å². The Morgan fingerprint density at radius 2 is 1.92 bits per heavy atom. The van der Waals surface area contributed by atoms with Crippen LogP contribution in [0.4, 0.5) is 0 Å². The van der Waals surface area contributed by atoms with Crippen molar-refractivity contribution >= 4 is 5.97 Å². The van der Waals surface area contributed by atoms with Gasteiger partial charge >= 0.3 is 5.97 Å². The van der Waals surface area contributed by atoms with Gasteiger partial charge in [-0.25, -0.2) is 0 Å². The summed E-state index contributed by atoms with van der Waals surface area (Å²) in [5.41, 5.74) is -0.321. The molecule has 2 bridgehead atoms. The average molecular weight is 362 g/mol. The largest absolute Gasteiger partial charge is 0.481 e. The van der Waals surface area contributed by atoms with Crippen LogP contribution in [0.1, 0.15) is 65.2 Å². The summed E-state index contributed by atoms with van der Waals surface area (Å²) >= 11 is 0. The van der Waals surface area contributed by atoms with Gasteiger partial charge in [0.2, 0.25) is 0 Å². The van der Waals surface area contributed by atoms with Crippen LogP contribution in [0.5, 0.6) is 0 Å². The second-order valence-corrected chi connectivity index (χ2v) is 9.94. The van der Waals surface area contributed by atoms with Crippen molar-refractivity contribution in [3.05, 3.63) is 11.6 Å². The van der Waals surface area contributed by atoms with E-state index in [0.29, 0.717) is 12.3 Å². The summed E-state index contributed by atoms with van der Waals surface area (Å²) in [6.45, 7) is 3.98. The number of aliphatic carboxylic acids is 1. The molecule has 4 fully saturated rings. The van der Waals surface area contributed by atoms with Crippen LogP contribution in [0, 0.1) is 28.6 Å². The van der Waals surface area contributed by atoms with Crippen LogP contribution in [0.25, 0.3) is 0 Å². The van der Waals surface area contributed by atoms with E-state index in [0.717, 1.165) is 44.9 Å². The predicted molar refractivity (Wildman–Crippen MR) is 94.1 cm³/mol. The molecule has 0 amide bonds.